The van der Waals surface area contributed by atoms with E-state index in [2.05, 4.69) is 290 Å². The highest BCUT2D eigenvalue weighted by Crippen LogP contribution is 2.42. The molecule has 0 saturated heterocycles. The first-order chi connectivity index (χ1) is 40.7. The van der Waals surface area contributed by atoms with Crippen molar-refractivity contribution < 1.29 is 18.1 Å². The van der Waals surface area contributed by atoms with Gasteiger partial charge in [0.1, 0.15) is 39.6 Å². The smallest absolute Gasteiger partial charge is 0.269 e. The van der Waals surface area contributed by atoms with Gasteiger partial charge in [-0.1, -0.05) is 172 Å². The van der Waals surface area contributed by atoms with E-state index in [1.807, 2.05) is 12.3 Å². The Morgan fingerprint density at radius 1 is 0.410 bits per heavy atom. The summed E-state index contributed by atoms with van der Waals surface area (Å²) in [6.07, 6.45) is 5.83. The molecule has 0 saturated carbocycles. The Morgan fingerprint density at radius 2 is 0.940 bits per heavy atom. The van der Waals surface area contributed by atoms with Gasteiger partial charge in [-0.2, -0.15) is 0 Å². The molecule has 7 heteroatoms. The van der Waals surface area contributed by atoms with Crippen molar-refractivity contribution in [1.29, 1.82) is 0 Å². The number of benzene rings is 11. The lowest BCUT2D eigenvalue weighted by atomic mass is 9.88. The second kappa shape index (κ2) is 18.9. The van der Waals surface area contributed by atoms with Crippen LogP contribution in [-0.4, -0.2) is 14.1 Å². The van der Waals surface area contributed by atoms with Gasteiger partial charge >= 0.3 is 0 Å². The van der Waals surface area contributed by atoms with Crippen molar-refractivity contribution >= 4 is 76.7 Å². The quantitative estimate of drug-likeness (QED) is 0.107. The zero-order valence-corrected chi connectivity index (χ0v) is 45.8. The van der Waals surface area contributed by atoms with Gasteiger partial charge in [-0.05, 0) is 153 Å². The Bertz CT molecular complexity index is 5050. The third-order valence-corrected chi connectivity index (χ3v) is 16.4. The highest BCUT2D eigenvalue weighted by atomic mass is 16.5. The molecule has 0 radical (unpaired) electrons. The summed E-state index contributed by atoms with van der Waals surface area (Å²) in [5, 5.41) is 6.52. The largest absolute Gasteiger partial charge is 0.458 e. The number of fused-ring (bicyclic) bond motifs is 10. The van der Waals surface area contributed by atoms with Gasteiger partial charge in [0.25, 0.3) is 6.33 Å². The Labute approximate surface area is 478 Å². The van der Waals surface area contributed by atoms with Crippen molar-refractivity contribution in [3.05, 3.63) is 273 Å². The molecule has 0 atom stereocenters. The molecular weight excluding hydrogens is 1020 g/mol. The topological polar surface area (TPSA) is 62.1 Å². The van der Waals surface area contributed by atoms with E-state index < -0.39 is 0 Å². The van der Waals surface area contributed by atoms with Crippen molar-refractivity contribution in [3.63, 3.8) is 0 Å². The van der Waals surface area contributed by atoms with E-state index in [0.717, 1.165) is 144 Å². The van der Waals surface area contributed by atoms with Crippen molar-refractivity contribution in [3.8, 4) is 73.2 Å². The van der Waals surface area contributed by atoms with Crippen LogP contribution < -0.4 is 9.30 Å². The molecule has 0 amide bonds. The van der Waals surface area contributed by atoms with Gasteiger partial charge in [0.05, 0.1) is 33.4 Å². The number of furan rings is 2. The Morgan fingerprint density at radius 3 is 1.57 bits per heavy atom. The normalized spacial score (nSPS) is 12.0. The first kappa shape index (κ1) is 48.2. The Hall–Kier alpha value is -10.8. The van der Waals surface area contributed by atoms with Crippen LogP contribution in [0.25, 0.3) is 138 Å². The Balaban J connectivity index is 0.852. The van der Waals surface area contributed by atoms with E-state index in [0.29, 0.717) is 5.75 Å². The summed E-state index contributed by atoms with van der Waals surface area (Å²) in [6, 6.07) is 89.8. The van der Waals surface area contributed by atoms with Gasteiger partial charge in [-0.15, -0.1) is 0 Å². The summed E-state index contributed by atoms with van der Waals surface area (Å²) in [7, 11) is 0. The molecule has 0 bridgehead atoms. The van der Waals surface area contributed by atoms with Crippen LogP contribution in [0.15, 0.2) is 270 Å². The molecule has 394 valence electrons. The molecule has 0 aliphatic heterocycles. The predicted octanol–water partition coefficient (Wildman–Crippen LogP) is 19.8. The minimum atomic E-state index is -0.0396. The van der Waals surface area contributed by atoms with Gasteiger partial charge in [0.2, 0.25) is 0 Å². The van der Waals surface area contributed by atoms with Crippen molar-refractivity contribution in [1.82, 2.24) is 14.1 Å². The van der Waals surface area contributed by atoms with Crippen LogP contribution in [-0.2, 0) is 5.41 Å². The van der Waals surface area contributed by atoms with Crippen LogP contribution >= 0.6 is 0 Å². The molecule has 83 heavy (non-hydrogen) atoms. The first-order valence-corrected chi connectivity index (χ1v) is 28.1. The number of ether oxygens (including phenoxy) is 1. The number of para-hydroxylation sites is 4. The number of imidazole rings is 1. The van der Waals surface area contributed by atoms with Crippen molar-refractivity contribution in [2.24, 2.45) is 0 Å². The van der Waals surface area contributed by atoms with E-state index in [-0.39, 0.29) is 5.41 Å². The maximum Gasteiger partial charge on any atom is 0.269 e. The van der Waals surface area contributed by atoms with Crippen LogP contribution in [0.2, 0.25) is 0 Å². The molecule has 5 aromatic heterocycles. The van der Waals surface area contributed by atoms with Crippen LogP contribution in [0.3, 0.4) is 0 Å². The number of nitrogens with zero attached hydrogens (tertiary/aromatic N) is 4. The average molecular weight is 1070 g/mol. The fourth-order valence-electron chi connectivity index (χ4n) is 12.3. The summed E-state index contributed by atoms with van der Waals surface area (Å²) < 4.78 is 26.6. The third kappa shape index (κ3) is 8.19. The average Bonchev–Trinajstić information content (AvgIpc) is 3.60. The predicted molar refractivity (Wildman–Crippen MR) is 337 cm³/mol. The minimum absolute atomic E-state index is 0.0396. The summed E-state index contributed by atoms with van der Waals surface area (Å²) in [4.78, 5) is 4.92. The maximum absolute atomic E-state index is 6.87. The number of rotatable bonds is 9. The van der Waals surface area contributed by atoms with Gasteiger partial charge in [-0.25, -0.2) is 4.98 Å². The van der Waals surface area contributed by atoms with Gasteiger partial charge in [-0.3, -0.25) is 13.7 Å². The van der Waals surface area contributed by atoms with Gasteiger partial charge in [0, 0.05) is 44.6 Å². The summed E-state index contributed by atoms with van der Waals surface area (Å²) in [5.41, 5.74) is 19.3. The highest BCUT2D eigenvalue weighted by Gasteiger charge is 2.23. The first-order valence-electron chi connectivity index (χ1n) is 28.1. The second-order valence-electron chi connectivity index (χ2n) is 22.5. The monoisotopic (exact) mass is 1070 g/mol. The van der Waals surface area contributed by atoms with Crippen molar-refractivity contribution in [2.45, 2.75) is 26.2 Å². The molecule has 16 rings (SSSR count). The fraction of sp³-hybridized carbons (Fsp3) is 0.0526. The summed E-state index contributed by atoms with van der Waals surface area (Å²) in [5.74, 6) is 2.29. The molecule has 16 aromatic rings. The van der Waals surface area contributed by atoms with Gasteiger partial charge in [0.15, 0.2) is 0 Å². The van der Waals surface area contributed by atoms with E-state index in [1.54, 1.807) is 0 Å². The van der Waals surface area contributed by atoms with E-state index in [9.17, 15) is 0 Å². The molecule has 0 N–H and O–H groups in total. The number of pyridine rings is 1. The van der Waals surface area contributed by atoms with E-state index in [1.165, 1.54) is 5.56 Å². The lowest BCUT2D eigenvalue weighted by Gasteiger charge is -2.20. The number of hydrogen-bond donors (Lipinski definition) is 0. The molecule has 0 aliphatic carbocycles. The maximum atomic E-state index is 6.87. The molecule has 0 fully saturated rings. The van der Waals surface area contributed by atoms with Crippen molar-refractivity contribution in [2.75, 3.05) is 0 Å². The van der Waals surface area contributed by atoms with Gasteiger partial charge < -0.3 is 13.6 Å². The summed E-state index contributed by atoms with van der Waals surface area (Å²) in [6.45, 7) is 6.71. The molecule has 0 aliphatic rings. The lowest BCUT2D eigenvalue weighted by Crippen LogP contribution is -2.31. The third-order valence-electron chi connectivity index (χ3n) is 16.4. The molecule has 0 spiro atoms. The molecule has 0 unspecified atom stereocenters. The number of hydrogen-bond acceptors (Lipinski definition) is 4. The zero-order chi connectivity index (χ0) is 55.3. The van der Waals surface area contributed by atoms with Crippen LogP contribution in [0, 0.1) is 6.33 Å². The SMILES string of the molecule is CC(C)(C)c1ccnc(-n2c3ccccc3c3ccc(Oc4cccc(-n5[c-][n+](-c6c(-c7ccc8oc9ccc(-c%10ccccc%10)cc9c8c7)cccc6-c6ccc7oc8ccc(-c9ccccc9)cc8c7c6)c6ccccc65)c4)cc32)c1. The van der Waals surface area contributed by atoms with E-state index >= 15 is 0 Å². The highest BCUT2D eigenvalue weighted by molar-refractivity contribution is 6.11. The molecule has 5 heterocycles. The standard InChI is InChI=1S/C76H52N4O3/c1-76(2,3)54-38-39-77-74(44-54)80-66-25-11-10-22-60(66)61-33-32-57(46-69(61)80)81-56-21-14-20-55(45-56)78-47-79(68-27-13-12-26-67(68)78)75-58(52-30-36-72-64(42-52)62-40-50(28-34-70(62)82-72)48-16-6-4-7-17-48)23-15-24-59(75)53-31-37-73-65(43-53)63-41-51(29-35-71(63)83-73)49-18-8-5-9-19-49/h4-46H,1-3H3. The van der Waals surface area contributed by atoms with Crippen LogP contribution in [0.4, 0.5) is 0 Å². The van der Waals surface area contributed by atoms with Crippen LogP contribution in [0.5, 0.6) is 11.5 Å². The lowest BCUT2D eigenvalue weighted by molar-refractivity contribution is -0.571. The minimum Gasteiger partial charge on any atom is -0.458 e. The number of aromatic nitrogens is 4. The summed E-state index contributed by atoms with van der Waals surface area (Å²) >= 11 is 0. The zero-order valence-electron chi connectivity index (χ0n) is 45.8. The second-order valence-corrected chi connectivity index (χ2v) is 22.5. The molecular formula is C76H52N4O3. The fourth-order valence-corrected chi connectivity index (χ4v) is 12.3. The van der Waals surface area contributed by atoms with Crippen LogP contribution in [0.1, 0.15) is 26.3 Å². The Kier molecular flexibility index (Phi) is 11.0. The molecule has 11 aromatic carbocycles. The molecule has 7 nitrogen and oxygen atoms in total. The van der Waals surface area contributed by atoms with E-state index in [4.69, 9.17) is 18.6 Å².